The zero-order valence-corrected chi connectivity index (χ0v) is 20.6. The second-order valence-electron chi connectivity index (χ2n) is 9.64. The van der Waals surface area contributed by atoms with Gasteiger partial charge in [0.25, 0.3) is 0 Å². The second kappa shape index (κ2) is 10.3. The minimum atomic E-state index is -3.29. The molecule has 1 N–H and O–H groups in total. The molecule has 184 valence electrons. The van der Waals surface area contributed by atoms with Crippen molar-refractivity contribution < 1.29 is 17.9 Å². The van der Waals surface area contributed by atoms with Crippen LogP contribution in [0, 0.1) is 5.92 Å². The highest BCUT2D eigenvalue weighted by molar-refractivity contribution is 7.89. The van der Waals surface area contributed by atoms with Gasteiger partial charge >= 0.3 is 0 Å². The first-order valence-corrected chi connectivity index (χ1v) is 13.9. The smallest absolute Gasteiger partial charge is 0.214 e. The van der Waals surface area contributed by atoms with E-state index >= 15 is 0 Å². The molecule has 0 spiro atoms. The van der Waals surface area contributed by atoms with Gasteiger partial charge in [-0.25, -0.2) is 13.4 Å². The van der Waals surface area contributed by atoms with Gasteiger partial charge in [-0.15, -0.1) is 0 Å². The number of aromatic nitrogens is 3. The third-order valence-corrected chi connectivity index (χ3v) is 9.41. The van der Waals surface area contributed by atoms with Crippen LogP contribution in [0.25, 0.3) is 21.8 Å². The van der Waals surface area contributed by atoms with Gasteiger partial charge in [0.2, 0.25) is 10.0 Å². The molecule has 1 unspecified atom stereocenters. The Morgan fingerprint density at radius 2 is 1.94 bits per heavy atom. The quantitative estimate of drug-likeness (QED) is 0.486. The van der Waals surface area contributed by atoms with Crippen molar-refractivity contribution in [2.45, 2.75) is 50.5 Å². The Morgan fingerprint density at radius 1 is 1.09 bits per heavy atom. The normalized spacial score (nSPS) is 24.7. The molecule has 5 rings (SSSR count). The summed E-state index contributed by atoms with van der Waals surface area (Å²) in [5.74, 6) is 0.765. The number of ether oxygens (including phenoxy) is 2. The first kappa shape index (κ1) is 23.7. The summed E-state index contributed by atoms with van der Waals surface area (Å²) < 4.78 is 38.9. The summed E-state index contributed by atoms with van der Waals surface area (Å²) in [5.41, 5.74) is 2.01. The van der Waals surface area contributed by atoms with Crippen LogP contribution in [0.4, 0.5) is 0 Å². The van der Waals surface area contributed by atoms with Crippen LogP contribution in [0.1, 0.15) is 50.1 Å². The third-order valence-electron chi connectivity index (χ3n) is 7.40. The minimum absolute atomic E-state index is 0.0360. The lowest BCUT2D eigenvalue weighted by Gasteiger charge is -2.34. The molecule has 1 saturated carbocycles. The number of sulfonamides is 1. The highest BCUT2D eigenvalue weighted by atomic mass is 32.2. The SMILES string of the molecule is COCCOC1CCCN(S(=O)(=O)CC2CCC(c3nc4[nH]ccc4c4cnccc34)CC2)C1. The van der Waals surface area contributed by atoms with Crippen molar-refractivity contribution in [3.8, 4) is 0 Å². The molecule has 0 amide bonds. The van der Waals surface area contributed by atoms with E-state index in [9.17, 15) is 8.42 Å². The Bertz CT molecular complexity index is 1220. The van der Waals surface area contributed by atoms with Gasteiger partial charge in [0.1, 0.15) is 5.65 Å². The molecule has 1 atom stereocenters. The van der Waals surface area contributed by atoms with Gasteiger partial charge in [-0.05, 0) is 56.6 Å². The van der Waals surface area contributed by atoms with Crippen LogP contribution < -0.4 is 0 Å². The van der Waals surface area contributed by atoms with Crippen molar-refractivity contribution >= 4 is 31.8 Å². The summed E-state index contributed by atoms with van der Waals surface area (Å²) in [5, 5.41) is 3.38. The number of aromatic amines is 1. The Labute approximate surface area is 201 Å². The maximum absolute atomic E-state index is 13.2. The molecule has 3 aromatic heterocycles. The monoisotopic (exact) mass is 486 g/mol. The number of fused-ring (bicyclic) bond motifs is 3. The first-order chi connectivity index (χ1) is 16.5. The van der Waals surface area contributed by atoms with E-state index in [-0.39, 0.29) is 17.8 Å². The summed E-state index contributed by atoms with van der Waals surface area (Å²) in [6, 6.07) is 4.10. The van der Waals surface area contributed by atoms with Gasteiger partial charge in [-0.2, -0.15) is 4.31 Å². The zero-order valence-electron chi connectivity index (χ0n) is 19.8. The molecule has 0 bridgehead atoms. The summed E-state index contributed by atoms with van der Waals surface area (Å²) in [6.07, 6.45) is 11.1. The molecule has 2 aliphatic rings. The van der Waals surface area contributed by atoms with E-state index in [0.29, 0.717) is 32.2 Å². The number of pyridine rings is 2. The van der Waals surface area contributed by atoms with Crippen molar-refractivity contribution in [3.63, 3.8) is 0 Å². The van der Waals surface area contributed by atoms with Gasteiger partial charge in [0.15, 0.2) is 0 Å². The molecule has 4 heterocycles. The Morgan fingerprint density at radius 3 is 2.76 bits per heavy atom. The van der Waals surface area contributed by atoms with Crippen molar-refractivity contribution in [2.75, 3.05) is 39.2 Å². The lowest BCUT2D eigenvalue weighted by Crippen LogP contribution is -2.45. The fourth-order valence-electron chi connectivity index (χ4n) is 5.59. The Hall–Kier alpha value is -2.07. The Balaban J connectivity index is 1.22. The summed E-state index contributed by atoms with van der Waals surface area (Å²) in [6.45, 7) is 2.10. The first-order valence-electron chi connectivity index (χ1n) is 12.3. The molecule has 9 heteroatoms. The van der Waals surface area contributed by atoms with Gasteiger partial charge in [0, 0.05) is 60.9 Å². The number of piperidine rings is 1. The lowest BCUT2D eigenvalue weighted by molar-refractivity contribution is -0.00658. The van der Waals surface area contributed by atoms with Crippen LogP contribution >= 0.6 is 0 Å². The highest BCUT2D eigenvalue weighted by Gasteiger charge is 2.33. The number of methoxy groups -OCH3 is 1. The topological polar surface area (TPSA) is 97.4 Å². The third kappa shape index (κ3) is 4.98. The summed E-state index contributed by atoms with van der Waals surface area (Å²) in [7, 11) is -1.65. The standard InChI is InChI=1S/C25H34N4O4S/c1-32-13-14-33-20-3-2-12-29(16-20)34(30,31)17-18-4-6-19(7-5-18)24-21-8-10-26-15-23(21)22-9-11-27-25(22)28-24/h8-11,15,18-20H,2-7,12-14,16-17H2,1H3,(H,27,28). The molecule has 2 fully saturated rings. The van der Waals surface area contributed by atoms with Crippen LogP contribution in [0.15, 0.2) is 30.7 Å². The van der Waals surface area contributed by atoms with E-state index in [0.717, 1.165) is 66.0 Å². The molecular weight excluding hydrogens is 452 g/mol. The van der Waals surface area contributed by atoms with E-state index in [2.05, 4.69) is 16.0 Å². The average molecular weight is 487 g/mol. The largest absolute Gasteiger partial charge is 0.382 e. The van der Waals surface area contributed by atoms with Gasteiger partial charge < -0.3 is 14.5 Å². The molecule has 3 aromatic rings. The van der Waals surface area contributed by atoms with Crippen LogP contribution in [-0.2, 0) is 19.5 Å². The number of nitrogens with zero attached hydrogens (tertiary/aromatic N) is 3. The van der Waals surface area contributed by atoms with Gasteiger partial charge in [-0.3, -0.25) is 4.98 Å². The van der Waals surface area contributed by atoms with E-state index in [4.69, 9.17) is 14.5 Å². The number of rotatable bonds is 8. The van der Waals surface area contributed by atoms with Crippen LogP contribution in [0.3, 0.4) is 0 Å². The van der Waals surface area contributed by atoms with E-state index in [1.807, 2.05) is 24.7 Å². The van der Waals surface area contributed by atoms with Crippen molar-refractivity contribution in [1.82, 2.24) is 19.3 Å². The summed E-state index contributed by atoms with van der Waals surface area (Å²) in [4.78, 5) is 12.5. The van der Waals surface area contributed by atoms with E-state index in [1.54, 1.807) is 11.4 Å². The van der Waals surface area contributed by atoms with Crippen molar-refractivity contribution in [3.05, 3.63) is 36.4 Å². The molecule has 34 heavy (non-hydrogen) atoms. The number of hydrogen-bond acceptors (Lipinski definition) is 6. The maximum atomic E-state index is 13.2. The lowest BCUT2D eigenvalue weighted by atomic mass is 9.80. The second-order valence-corrected chi connectivity index (χ2v) is 11.7. The van der Waals surface area contributed by atoms with Gasteiger partial charge in [0.05, 0.1) is 30.8 Å². The highest BCUT2D eigenvalue weighted by Crippen LogP contribution is 2.39. The fraction of sp³-hybridized carbons (Fsp3) is 0.600. The molecule has 0 aromatic carbocycles. The number of nitrogens with one attached hydrogen (secondary N) is 1. The molecule has 1 saturated heterocycles. The zero-order chi connectivity index (χ0) is 23.5. The minimum Gasteiger partial charge on any atom is -0.382 e. The average Bonchev–Trinajstić information content (AvgIpc) is 3.33. The Kier molecular flexibility index (Phi) is 7.15. The molecule has 1 aliphatic heterocycles. The van der Waals surface area contributed by atoms with Crippen LogP contribution in [0.2, 0.25) is 0 Å². The molecular formula is C25H34N4O4S. The molecule has 8 nitrogen and oxygen atoms in total. The van der Waals surface area contributed by atoms with Crippen LogP contribution in [0.5, 0.6) is 0 Å². The maximum Gasteiger partial charge on any atom is 0.214 e. The van der Waals surface area contributed by atoms with Crippen molar-refractivity contribution in [2.24, 2.45) is 5.92 Å². The number of H-pyrrole nitrogens is 1. The molecule has 0 radical (unpaired) electrons. The van der Waals surface area contributed by atoms with Crippen LogP contribution in [-0.4, -0.2) is 72.9 Å². The predicted octanol–water partition coefficient (Wildman–Crippen LogP) is 3.84. The van der Waals surface area contributed by atoms with Gasteiger partial charge in [-0.1, -0.05) is 0 Å². The van der Waals surface area contributed by atoms with Crippen molar-refractivity contribution in [1.29, 1.82) is 0 Å². The predicted molar refractivity (Wildman–Crippen MR) is 132 cm³/mol. The number of hydrogen-bond donors (Lipinski definition) is 1. The van der Waals surface area contributed by atoms with E-state index in [1.165, 1.54) is 0 Å². The molecule has 1 aliphatic carbocycles. The van der Waals surface area contributed by atoms with E-state index < -0.39 is 10.0 Å². The fourth-order valence-corrected chi connectivity index (χ4v) is 7.53. The summed E-state index contributed by atoms with van der Waals surface area (Å²) >= 11 is 0.